The first kappa shape index (κ1) is 12.9. The Kier molecular flexibility index (Phi) is 5.15. The number of carbonyl (C=O) groups is 2. The fourth-order valence-electron chi connectivity index (χ4n) is 0.874. The molecule has 0 aliphatic rings. The van der Waals surface area contributed by atoms with Crippen LogP contribution in [0, 0.1) is 0 Å². The summed E-state index contributed by atoms with van der Waals surface area (Å²) in [5, 5.41) is 0. The van der Waals surface area contributed by atoms with Crippen molar-refractivity contribution in [3.8, 4) is 0 Å². The molecule has 0 saturated heterocycles. The van der Waals surface area contributed by atoms with Gasteiger partial charge < -0.3 is 4.74 Å². The molecule has 0 fully saturated rings. The van der Waals surface area contributed by atoms with Crippen LogP contribution in [0.3, 0.4) is 0 Å². The average Bonchev–Trinajstić information content (AvgIpc) is 2.00. The Morgan fingerprint density at radius 1 is 1.36 bits per heavy atom. The maximum absolute atomic E-state index is 11.1. The van der Waals surface area contributed by atoms with Gasteiger partial charge in [-0.25, -0.2) is 5.43 Å². The van der Waals surface area contributed by atoms with Gasteiger partial charge in [-0.15, -0.1) is 0 Å². The van der Waals surface area contributed by atoms with Gasteiger partial charge in [0.1, 0.15) is 0 Å². The van der Waals surface area contributed by atoms with Gasteiger partial charge in [0.15, 0.2) is 0 Å². The molecule has 0 aromatic carbocycles. The lowest BCUT2D eigenvalue weighted by Crippen LogP contribution is -2.51. The predicted molar refractivity (Wildman–Crippen MR) is 52.3 cm³/mol. The molecule has 0 bridgehead atoms. The second kappa shape index (κ2) is 5.59. The fourth-order valence-corrected chi connectivity index (χ4v) is 0.874. The lowest BCUT2D eigenvalue weighted by molar-refractivity contribution is -0.145. The van der Waals surface area contributed by atoms with Crippen molar-refractivity contribution in [3.63, 3.8) is 0 Å². The molecule has 0 rings (SSSR count). The first-order valence-corrected chi connectivity index (χ1v) is 4.57. The van der Waals surface area contributed by atoms with Gasteiger partial charge in [-0.05, 0) is 20.8 Å². The van der Waals surface area contributed by atoms with Crippen LogP contribution in [0.5, 0.6) is 0 Å². The summed E-state index contributed by atoms with van der Waals surface area (Å²) in [5.41, 5.74) is 4.68. The van der Waals surface area contributed by atoms with E-state index in [0.29, 0.717) is 6.61 Å². The molecular weight excluding hydrogens is 184 g/mol. The van der Waals surface area contributed by atoms with E-state index in [1.165, 1.54) is 6.92 Å². The lowest BCUT2D eigenvalue weighted by Gasteiger charge is -2.24. The molecule has 0 heterocycles. The monoisotopic (exact) mass is 202 g/mol. The molecule has 2 N–H and O–H groups in total. The van der Waals surface area contributed by atoms with Gasteiger partial charge in [0.2, 0.25) is 5.91 Å². The number of carbonyl (C=O) groups excluding carboxylic acids is 2. The van der Waals surface area contributed by atoms with Crippen LogP contribution < -0.4 is 10.9 Å². The highest BCUT2D eigenvalue weighted by molar-refractivity contribution is 5.73. The van der Waals surface area contributed by atoms with Crippen LogP contribution in [0.2, 0.25) is 0 Å². The van der Waals surface area contributed by atoms with Gasteiger partial charge >= 0.3 is 5.97 Å². The Labute approximate surface area is 84.2 Å². The van der Waals surface area contributed by atoms with Crippen LogP contribution in [0.4, 0.5) is 0 Å². The van der Waals surface area contributed by atoms with E-state index >= 15 is 0 Å². The molecule has 0 aliphatic carbocycles. The normalized spacial score (nSPS) is 10.9. The third-order valence-electron chi connectivity index (χ3n) is 1.47. The number of amides is 1. The maximum atomic E-state index is 11.1. The number of ether oxygens (including phenoxy) is 1. The van der Waals surface area contributed by atoms with Crippen LogP contribution in [-0.4, -0.2) is 24.0 Å². The summed E-state index contributed by atoms with van der Waals surface area (Å²) < 4.78 is 4.79. The molecule has 0 aliphatic heterocycles. The summed E-state index contributed by atoms with van der Waals surface area (Å²) in [6.45, 7) is 7.13. The van der Waals surface area contributed by atoms with Crippen LogP contribution in [0.15, 0.2) is 0 Å². The third-order valence-corrected chi connectivity index (χ3v) is 1.47. The molecule has 0 atom stereocenters. The molecule has 0 radical (unpaired) electrons. The van der Waals surface area contributed by atoms with Crippen molar-refractivity contribution < 1.29 is 14.3 Å². The van der Waals surface area contributed by atoms with Crippen molar-refractivity contribution in [2.24, 2.45) is 0 Å². The topological polar surface area (TPSA) is 67.4 Å². The van der Waals surface area contributed by atoms with Crippen molar-refractivity contribution in [1.29, 1.82) is 0 Å². The van der Waals surface area contributed by atoms with E-state index in [4.69, 9.17) is 4.74 Å². The zero-order valence-corrected chi connectivity index (χ0v) is 9.14. The zero-order chi connectivity index (χ0) is 11.2. The number of esters is 1. The summed E-state index contributed by atoms with van der Waals surface area (Å²) >= 11 is 0. The lowest BCUT2D eigenvalue weighted by atomic mass is 10.0. The maximum Gasteiger partial charge on any atom is 0.307 e. The molecule has 0 unspecified atom stereocenters. The van der Waals surface area contributed by atoms with Gasteiger partial charge in [-0.1, -0.05) is 0 Å². The van der Waals surface area contributed by atoms with E-state index in [-0.39, 0.29) is 18.3 Å². The second-order valence-electron chi connectivity index (χ2n) is 3.67. The molecule has 5 heteroatoms. The van der Waals surface area contributed by atoms with Crippen LogP contribution >= 0.6 is 0 Å². The van der Waals surface area contributed by atoms with Crippen LogP contribution in [0.25, 0.3) is 0 Å². The molecule has 82 valence electrons. The summed E-state index contributed by atoms with van der Waals surface area (Å²) in [7, 11) is 0. The average molecular weight is 202 g/mol. The molecule has 1 amide bonds. The van der Waals surface area contributed by atoms with Gasteiger partial charge in [-0.2, -0.15) is 0 Å². The first-order chi connectivity index (χ1) is 6.37. The van der Waals surface area contributed by atoms with Crippen molar-refractivity contribution in [2.75, 3.05) is 6.61 Å². The number of rotatable bonds is 5. The summed E-state index contributed by atoms with van der Waals surface area (Å²) in [6, 6.07) is 0. The molecule has 0 saturated carbocycles. The first-order valence-electron chi connectivity index (χ1n) is 4.57. The number of hydrogen-bond acceptors (Lipinski definition) is 4. The molecular formula is C9H18N2O3. The standard InChI is InChI=1S/C9H18N2O3/c1-5-14-8(13)6-9(3,4)11-10-7(2)12/h11H,5-6H2,1-4H3,(H,10,12). The molecule has 5 nitrogen and oxygen atoms in total. The van der Waals surface area contributed by atoms with Crippen molar-refractivity contribution in [1.82, 2.24) is 10.9 Å². The van der Waals surface area contributed by atoms with Crippen LogP contribution in [0.1, 0.15) is 34.1 Å². The van der Waals surface area contributed by atoms with Gasteiger partial charge in [-0.3, -0.25) is 15.0 Å². The molecule has 14 heavy (non-hydrogen) atoms. The number of nitrogens with one attached hydrogen (secondary N) is 2. The van der Waals surface area contributed by atoms with Gasteiger partial charge in [0.05, 0.1) is 13.0 Å². The minimum absolute atomic E-state index is 0.193. The highest BCUT2D eigenvalue weighted by atomic mass is 16.5. The van der Waals surface area contributed by atoms with E-state index in [9.17, 15) is 9.59 Å². The van der Waals surface area contributed by atoms with Crippen molar-refractivity contribution in [3.05, 3.63) is 0 Å². The Bertz CT molecular complexity index is 214. The Morgan fingerprint density at radius 2 is 1.93 bits per heavy atom. The SMILES string of the molecule is CCOC(=O)CC(C)(C)NNC(C)=O. The molecule has 0 spiro atoms. The highest BCUT2D eigenvalue weighted by Crippen LogP contribution is 2.07. The summed E-state index contributed by atoms with van der Waals surface area (Å²) in [4.78, 5) is 21.7. The summed E-state index contributed by atoms with van der Waals surface area (Å²) in [5.74, 6) is -0.475. The molecule has 0 aromatic heterocycles. The molecule has 0 aromatic rings. The van der Waals surface area contributed by atoms with E-state index in [2.05, 4.69) is 10.9 Å². The van der Waals surface area contributed by atoms with Crippen molar-refractivity contribution in [2.45, 2.75) is 39.7 Å². The minimum atomic E-state index is -0.502. The largest absolute Gasteiger partial charge is 0.466 e. The number of hydrogen-bond donors (Lipinski definition) is 2. The van der Waals surface area contributed by atoms with E-state index in [1.807, 2.05) is 0 Å². The highest BCUT2D eigenvalue weighted by Gasteiger charge is 2.22. The quantitative estimate of drug-likeness (QED) is 0.499. The van der Waals surface area contributed by atoms with Crippen LogP contribution in [-0.2, 0) is 14.3 Å². The second-order valence-corrected chi connectivity index (χ2v) is 3.67. The smallest absolute Gasteiger partial charge is 0.307 e. The Morgan fingerprint density at radius 3 is 2.36 bits per heavy atom. The third kappa shape index (κ3) is 6.42. The minimum Gasteiger partial charge on any atom is -0.466 e. The van der Waals surface area contributed by atoms with E-state index in [0.717, 1.165) is 0 Å². The fraction of sp³-hybridized carbons (Fsp3) is 0.778. The Balaban J connectivity index is 3.93. The van der Waals surface area contributed by atoms with Gasteiger partial charge in [0.25, 0.3) is 0 Å². The Hall–Kier alpha value is -1.10. The van der Waals surface area contributed by atoms with Gasteiger partial charge in [0, 0.05) is 12.5 Å². The summed E-state index contributed by atoms with van der Waals surface area (Å²) in [6.07, 6.45) is 0.209. The predicted octanol–water partition coefficient (Wildman–Crippen LogP) is 0.359. The number of hydrazine groups is 1. The zero-order valence-electron chi connectivity index (χ0n) is 9.14. The van der Waals surface area contributed by atoms with Crippen molar-refractivity contribution >= 4 is 11.9 Å². The van der Waals surface area contributed by atoms with E-state index in [1.54, 1.807) is 20.8 Å². The van der Waals surface area contributed by atoms with E-state index < -0.39 is 5.54 Å².